The second kappa shape index (κ2) is 5.50. The smallest absolute Gasteiger partial charge is 0.176 e. The first-order chi connectivity index (χ1) is 10.5. The molecule has 0 aliphatic heterocycles. The monoisotopic (exact) mass is 317 g/mol. The number of rotatable bonds is 3. The number of phenolic OH excluding ortho intramolecular Hbond substituents is 1. The van der Waals surface area contributed by atoms with E-state index in [1.807, 2.05) is 27.0 Å². The van der Waals surface area contributed by atoms with Crippen LogP contribution in [-0.2, 0) is 7.05 Å². The Morgan fingerprint density at radius 2 is 2.09 bits per heavy atom. The van der Waals surface area contributed by atoms with Crippen molar-refractivity contribution in [1.82, 2.24) is 14.8 Å². The van der Waals surface area contributed by atoms with Crippen LogP contribution >= 0.6 is 11.6 Å². The number of aromatic nitrogens is 3. The summed E-state index contributed by atoms with van der Waals surface area (Å²) in [6, 6.07) is 5.40. The van der Waals surface area contributed by atoms with Crippen molar-refractivity contribution in [2.75, 3.05) is 6.61 Å². The molecular weight excluding hydrogens is 302 g/mol. The predicted molar refractivity (Wildman–Crippen MR) is 86.5 cm³/mol. The van der Waals surface area contributed by atoms with E-state index in [4.69, 9.17) is 16.3 Å². The summed E-state index contributed by atoms with van der Waals surface area (Å²) >= 11 is 6.09. The second-order valence-electron chi connectivity index (χ2n) is 5.06. The van der Waals surface area contributed by atoms with Crippen LogP contribution in [0.15, 0.2) is 24.4 Å². The van der Waals surface area contributed by atoms with Crippen LogP contribution in [-0.4, -0.2) is 26.5 Å². The molecule has 1 N–H and O–H groups in total. The van der Waals surface area contributed by atoms with Gasteiger partial charge in [-0.3, -0.25) is 4.68 Å². The summed E-state index contributed by atoms with van der Waals surface area (Å²) in [4.78, 5) is 4.62. The molecule has 3 aromatic rings. The maximum atomic E-state index is 9.94. The van der Waals surface area contributed by atoms with Crippen LogP contribution in [0.25, 0.3) is 22.3 Å². The Hall–Kier alpha value is -2.27. The lowest BCUT2D eigenvalue weighted by molar-refractivity contribution is 0.318. The van der Waals surface area contributed by atoms with E-state index in [1.54, 1.807) is 23.0 Å². The lowest BCUT2D eigenvalue weighted by Gasteiger charge is -2.11. The normalized spacial score (nSPS) is 11.1. The van der Waals surface area contributed by atoms with E-state index in [1.165, 1.54) is 0 Å². The molecular formula is C16H16ClN3O2. The zero-order valence-corrected chi connectivity index (χ0v) is 13.3. The summed E-state index contributed by atoms with van der Waals surface area (Å²) in [6.45, 7) is 4.31. The van der Waals surface area contributed by atoms with E-state index in [2.05, 4.69) is 10.1 Å². The van der Waals surface area contributed by atoms with Crippen LogP contribution in [0, 0.1) is 6.92 Å². The van der Waals surface area contributed by atoms with Crippen molar-refractivity contribution in [3.63, 3.8) is 0 Å². The van der Waals surface area contributed by atoms with Crippen molar-refractivity contribution in [1.29, 1.82) is 0 Å². The summed E-state index contributed by atoms with van der Waals surface area (Å²) in [7, 11) is 1.89. The van der Waals surface area contributed by atoms with Crippen LogP contribution in [0.1, 0.15) is 12.5 Å². The molecule has 0 atom stereocenters. The van der Waals surface area contributed by atoms with E-state index in [0.29, 0.717) is 12.4 Å². The third-order valence-electron chi connectivity index (χ3n) is 3.51. The van der Waals surface area contributed by atoms with Gasteiger partial charge >= 0.3 is 0 Å². The van der Waals surface area contributed by atoms with E-state index < -0.39 is 0 Å². The highest BCUT2D eigenvalue weighted by molar-refractivity contribution is 6.32. The summed E-state index contributed by atoms with van der Waals surface area (Å²) in [5.74, 6) is 0.308. The molecule has 0 saturated heterocycles. The number of aryl methyl sites for hydroxylation is 2. The van der Waals surface area contributed by atoms with Crippen molar-refractivity contribution < 1.29 is 9.84 Å². The number of benzene rings is 1. The lowest BCUT2D eigenvalue weighted by Crippen LogP contribution is -1.95. The molecule has 0 spiro atoms. The zero-order chi connectivity index (χ0) is 15.9. The van der Waals surface area contributed by atoms with Gasteiger partial charge in [0.25, 0.3) is 0 Å². The zero-order valence-electron chi connectivity index (χ0n) is 12.6. The second-order valence-corrected chi connectivity index (χ2v) is 5.47. The number of hydrogen-bond donors (Lipinski definition) is 1. The average Bonchev–Trinajstić information content (AvgIpc) is 2.85. The molecule has 3 rings (SSSR count). The van der Waals surface area contributed by atoms with Crippen molar-refractivity contribution in [2.24, 2.45) is 7.05 Å². The molecule has 0 saturated carbocycles. The van der Waals surface area contributed by atoms with E-state index in [9.17, 15) is 5.11 Å². The number of aromatic hydroxyl groups is 1. The molecule has 22 heavy (non-hydrogen) atoms. The van der Waals surface area contributed by atoms with Gasteiger partial charge in [-0.15, -0.1) is 0 Å². The minimum atomic E-state index is -0.0496. The molecule has 0 fully saturated rings. The van der Waals surface area contributed by atoms with Crippen molar-refractivity contribution >= 4 is 22.6 Å². The van der Waals surface area contributed by atoms with Crippen molar-refractivity contribution in [2.45, 2.75) is 13.8 Å². The predicted octanol–water partition coefficient (Wildman–Crippen LogP) is 3.70. The molecule has 2 heterocycles. The number of phenols is 1. The fourth-order valence-electron chi connectivity index (χ4n) is 2.54. The number of ether oxygens (including phenoxy) is 1. The molecule has 1 aromatic carbocycles. The molecule has 0 aliphatic carbocycles. The molecule has 114 valence electrons. The number of fused-ring (bicyclic) bond motifs is 1. The number of nitrogens with zero attached hydrogens (tertiary/aromatic N) is 3. The third kappa shape index (κ3) is 2.37. The molecule has 6 heteroatoms. The van der Waals surface area contributed by atoms with Crippen LogP contribution in [0.5, 0.6) is 11.5 Å². The van der Waals surface area contributed by atoms with E-state index in [0.717, 1.165) is 27.9 Å². The average molecular weight is 318 g/mol. The molecule has 2 aromatic heterocycles. The maximum absolute atomic E-state index is 9.94. The van der Waals surface area contributed by atoms with Gasteiger partial charge in [0.1, 0.15) is 5.52 Å². The third-order valence-corrected chi connectivity index (χ3v) is 3.80. The van der Waals surface area contributed by atoms with E-state index in [-0.39, 0.29) is 10.8 Å². The summed E-state index contributed by atoms with van der Waals surface area (Å²) in [5, 5.41) is 14.4. The first-order valence-electron chi connectivity index (χ1n) is 6.96. The highest BCUT2D eigenvalue weighted by atomic mass is 35.5. The molecule has 0 aliphatic rings. The molecule has 0 amide bonds. The maximum Gasteiger partial charge on any atom is 0.176 e. The number of halogens is 1. The molecule has 0 bridgehead atoms. The van der Waals surface area contributed by atoms with Crippen molar-refractivity contribution in [3.8, 4) is 22.8 Å². The van der Waals surface area contributed by atoms with Crippen LogP contribution in [0.2, 0.25) is 5.02 Å². The standard InChI is InChI=1S/C16H16ClN3O2/c1-4-22-14-7-10(6-11(17)16(14)21)12-5-9(2)15-13(19-12)8-18-20(15)3/h5-8,21H,4H2,1-3H3. The Balaban J connectivity index is 2.19. The van der Waals surface area contributed by atoms with E-state index >= 15 is 0 Å². The van der Waals surface area contributed by atoms with Gasteiger partial charge in [0, 0.05) is 12.6 Å². The van der Waals surface area contributed by atoms with Gasteiger partial charge in [0.15, 0.2) is 11.5 Å². The fraction of sp³-hybridized carbons (Fsp3) is 0.250. The van der Waals surface area contributed by atoms with Gasteiger partial charge in [0.2, 0.25) is 0 Å². The van der Waals surface area contributed by atoms with Crippen molar-refractivity contribution in [3.05, 3.63) is 35.0 Å². The SMILES string of the molecule is CCOc1cc(-c2cc(C)c3c(cnn3C)n2)cc(Cl)c1O. The summed E-state index contributed by atoms with van der Waals surface area (Å²) in [6.07, 6.45) is 1.73. The van der Waals surface area contributed by atoms with Gasteiger partial charge < -0.3 is 9.84 Å². The Kier molecular flexibility index (Phi) is 3.66. The van der Waals surface area contributed by atoms with Gasteiger partial charge in [-0.25, -0.2) is 4.98 Å². The van der Waals surface area contributed by atoms with Gasteiger partial charge in [-0.1, -0.05) is 11.6 Å². The molecule has 0 unspecified atom stereocenters. The van der Waals surface area contributed by atoms with Gasteiger partial charge in [-0.05, 0) is 37.6 Å². The minimum Gasteiger partial charge on any atom is -0.503 e. The van der Waals surface area contributed by atoms with Crippen LogP contribution < -0.4 is 4.74 Å². The van der Waals surface area contributed by atoms with Crippen LogP contribution in [0.4, 0.5) is 0 Å². The van der Waals surface area contributed by atoms with Gasteiger partial charge in [0.05, 0.1) is 29.0 Å². The summed E-state index contributed by atoms with van der Waals surface area (Å²) in [5.41, 5.74) is 4.45. The number of hydrogen-bond acceptors (Lipinski definition) is 4. The first kappa shape index (κ1) is 14.7. The minimum absolute atomic E-state index is 0.0496. The van der Waals surface area contributed by atoms with Crippen LogP contribution in [0.3, 0.4) is 0 Å². The Labute approximate surface area is 133 Å². The Morgan fingerprint density at radius 3 is 2.82 bits per heavy atom. The van der Waals surface area contributed by atoms with Gasteiger partial charge in [-0.2, -0.15) is 5.10 Å². The summed E-state index contributed by atoms with van der Waals surface area (Å²) < 4.78 is 7.23. The Morgan fingerprint density at radius 1 is 1.32 bits per heavy atom. The quantitative estimate of drug-likeness (QED) is 0.800. The topological polar surface area (TPSA) is 60.2 Å². The number of pyridine rings is 1. The molecule has 0 radical (unpaired) electrons. The highest BCUT2D eigenvalue weighted by Gasteiger charge is 2.14. The first-order valence-corrected chi connectivity index (χ1v) is 7.34. The fourth-order valence-corrected chi connectivity index (χ4v) is 2.75. The Bertz CT molecular complexity index is 858. The molecule has 5 nitrogen and oxygen atoms in total. The highest BCUT2D eigenvalue weighted by Crippen LogP contribution is 2.38. The largest absolute Gasteiger partial charge is 0.503 e. The lowest BCUT2D eigenvalue weighted by atomic mass is 10.1.